The largest absolute Gasteiger partial charge is 0.496 e. The molecule has 0 aliphatic rings. The Hall–Kier alpha value is -2.07. The monoisotopic (exact) mass is 514 g/mol. The van der Waals surface area contributed by atoms with E-state index in [4.69, 9.17) is 32.7 Å². The average Bonchev–Trinajstić information content (AvgIpc) is 2.73. The summed E-state index contributed by atoms with van der Waals surface area (Å²) in [7, 11) is -1.32. The molecule has 0 spiro atoms. The van der Waals surface area contributed by atoms with Gasteiger partial charge in [0.2, 0.25) is 0 Å². The first-order chi connectivity index (χ1) is 15.3. The van der Waals surface area contributed by atoms with E-state index in [9.17, 15) is 8.96 Å². The third-order valence-electron chi connectivity index (χ3n) is 4.97. The Kier molecular flexibility index (Phi) is 8.98. The summed E-state index contributed by atoms with van der Waals surface area (Å²) in [4.78, 5) is 0. The van der Waals surface area contributed by atoms with Crippen LogP contribution in [-0.4, -0.2) is 20.4 Å². The highest BCUT2D eigenvalue weighted by Crippen LogP contribution is 2.41. The molecule has 0 saturated carbocycles. The second-order valence-corrected chi connectivity index (χ2v) is 11.9. The second kappa shape index (κ2) is 10.9. The highest BCUT2D eigenvalue weighted by Gasteiger charge is 2.23. The summed E-state index contributed by atoms with van der Waals surface area (Å²) >= 11 is 12.3. The van der Waals surface area contributed by atoms with Gasteiger partial charge in [0.1, 0.15) is 36.4 Å². The quantitative estimate of drug-likeness (QED) is 0.154. The van der Waals surface area contributed by atoms with Crippen molar-refractivity contribution in [2.45, 2.75) is 26.9 Å². The van der Waals surface area contributed by atoms with E-state index in [1.54, 1.807) is 46.3 Å². The standard InChI is InChI=1S/C25H27Cl2F2O3P/c1-8-16(17-12-22(31-5)23(13-20(17)29)33(6,7)30)11-21(14(2)3)32-15(4)24-18(26)9-10-19(28)25(24)27/h8-13,15H,2H2,1,3-7H3/b16-8+,21-11+. The fourth-order valence-corrected chi connectivity index (χ4v) is 5.02. The molecule has 3 nitrogen and oxygen atoms in total. The summed E-state index contributed by atoms with van der Waals surface area (Å²) in [6.07, 6.45) is 2.61. The average molecular weight is 515 g/mol. The maximum atomic E-state index is 15.1. The molecule has 178 valence electrons. The normalized spacial score (nSPS) is 13.6. The van der Waals surface area contributed by atoms with Gasteiger partial charge < -0.3 is 14.0 Å². The minimum Gasteiger partial charge on any atom is -0.496 e. The molecule has 0 radical (unpaired) electrons. The lowest BCUT2D eigenvalue weighted by atomic mass is 10.0. The SMILES string of the molecule is C=C(C)/C(=C\C(=C/C)c1cc(OC)c(P(C)(C)=O)cc1F)OC(C)c1c(Cl)ccc(F)c1Cl. The Labute approximate surface area is 204 Å². The molecule has 0 bridgehead atoms. The van der Waals surface area contributed by atoms with E-state index >= 15 is 4.39 Å². The lowest BCUT2D eigenvalue weighted by molar-refractivity contribution is 0.140. The predicted molar refractivity (Wildman–Crippen MR) is 135 cm³/mol. The Balaban J connectivity index is 2.54. The molecule has 0 heterocycles. The summed E-state index contributed by atoms with van der Waals surface area (Å²) in [6.45, 7) is 12.2. The fourth-order valence-electron chi connectivity index (χ4n) is 3.23. The van der Waals surface area contributed by atoms with Crippen LogP contribution in [-0.2, 0) is 9.30 Å². The van der Waals surface area contributed by atoms with Crippen molar-refractivity contribution < 1.29 is 22.8 Å². The summed E-state index contributed by atoms with van der Waals surface area (Å²) in [5, 5.41) is 0.458. The van der Waals surface area contributed by atoms with Gasteiger partial charge in [-0.25, -0.2) is 8.78 Å². The highest BCUT2D eigenvalue weighted by molar-refractivity contribution is 7.70. The van der Waals surface area contributed by atoms with Crippen molar-refractivity contribution in [2.24, 2.45) is 0 Å². The molecule has 0 aliphatic heterocycles. The van der Waals surface area contributed by atoms with E-state index in [2.05, 4.69) is 6.58 Å². The predicted octanol–water partition coefficient (Wildman–Crippen LogP) is 8.17. The van der Waals surface area contributed by atoms with Crippen LogP contribution in [0.2, 0.25) is 10.0 Å². The number of ether oxygens (including phenoxy) is 2. The molecule has 1 atom stereocenters. The Morgan fingerprint density at radius 2 is 1.82 bits per heavy atom. The maximum Gasteiger partial charge on any atom is 0.142 e. The first-order valence-electron chi connectivity index (χ1n) is 10.1. The van der Waals surface area contributed by atoms with Gasteiger partial charge in [0.15, 0.2) is 0 Å². The Morgan fingerprint density at radius 1 is 1.18 bits per heavy atom. The van der Waals surface area contributed by atoms with Crippen molar-refractivity contribution in [3.63, 3.8) is 0 Å². The molecular weight excluding hydrogens is 488 g/mol. The molecule has 2 aromatic carbocycles. The van der Waals surface area contributed by atoms with E-state index < -0.39 is 24.9 Å². The van der Waals surface area contributed by atoms with E-state index in [-0.39, 0.29) is 15.6 Å². The van der Waals surface area contributed by atoms with Crippen LogP contribution in [0.15, 0.2) is 54.3 Å². The van der Waals surface area contributed by atoms with Gasteiger partial charge in [0.05, 0.1) is 17.4 Å². The summed E-state index contributed by atoms with van der Waals surface area (Å²) in [5.74, 6) is -0.493. The topological polar surface area (TPSA) is 35.5 Å². The third-order valence-corrected chi connectivity index (χ3v) is 7.19. The van der Waals surface area contributed by atoms with Crippen LogP contribution in [0.4, 0.5) is 8.78 Å². The number of rotatable bonds is 8. The number of hydrogen-bond donors (Lipinski definition) is 0. The molecule has 0 aromatic heterocycles. The minimum absolute atomic E-state index is 0.128. The molecule has 0 saturated heterocycles. The zero-order valence-electron chi connectivity index (χ0n) is 19.4. The summed E-state index contributed by atoms with van der Waals surface area (Å²) < 4.78 is 53.0. The molecule has 8 heteroatoms. The van der Waals surface area contributed by atoms with Gasteiger partial charge >= 0.3 is 0 Å². The Morgan fingerprint density at radius 3 is 2.33 bits per heavy atom. The molecule has 0 N–H and O–H groups in total. The maximum absolute atomic E-state index is 15.1. The van der Waals surface area contributed by atoms with Gasteiger partial charge in [-0.05, 0) is 75.6 Å². The van der Waals surface area contributed by atoms with E-state index in [0.717, 1.165) is 0 Å². The molecule has 33 heavy (non-hydrogen) atoms. The van der Waals surface area contributed by atoms with Crippen molar-refractivity contribution in [1.29, 1.82) is 0 Å². The van der Waals surface area contributed by atoms with Crippen LogP contribution >= 0.6 is 30.3 Å². The van der Waals surface area contributed by atoms with E-state index in [1.807, 2.05) is 0 Å². The summed E-state index contributed by atoms with van der Waals surface area (Å²) in [5.41, 5.74) is 1.58. The number of methoxy groups -OCH3 is 1. The number of benzene rings is 2. The van der Waals surface area contributed by atoms with E-state index in [0.29, 0.717) is 33.5 Å². The first-order valence-corrected chi connectivity index (χ1v) is 13.4. The van der Waals surface area contributed by atoms with Crippen LogP contribution in [0.1, 0.15) is 38.0 Å². The molecule has 2 aromatic rings. The molecule has 2 rings (SSSR count). The van der Waals surface area contributed by atoms with Crippen LogP contribution in [0.5, 0.6) is 5.75 Å². The molecule has 0 aliphatic carbocycles. The lowest BCUT2D eigenvalue weighted by Gasteiger charge is -2.21. The van der Waals surface area contributed by atoms with Gasteiger partial charge in [-0.15, -0.1) is 0 Å². The minimum atomic E-state index is -2.76. The molecule has 1 unspecified atom stereocenters. The van der Waals surface area contributed by atoms with Gasteiger partial charge in [-0.2, -0.15) is 0 Å². The van der Waals surface area contributed by atoms with Crippen LogP contribution in [0, 0.1) is 11.6 Å². The Bertz CT molecular complexity index is 1180. The molecule has 0 fully saturated rings. The summed E-state index contributed by atoms with van der Waals surface area (Å²) in [6, 6.07) is 5.33. The first kappa shape index (κ1) is 27.2. The van der Waals surface area contributed by atoms with Crippen LogP contribution in [0.3, 0.4) is 0 Å². The van der Waals surface area contributed by atoms with Crippen molar-refractivity contribution >= 4 is 41.2 Å². The number of halogens is 4. The van der Waals surface area contributed by atoms with E-state index in [1.165, 1.54) is 31.4 Å². The van der Waals surface area contributed by atoms with Crippen LogP contribution in [0.25, 0.3) is 5.57 Å². The third kappa shape index (κ3) is 6.29. The zero-order chi connectivity index (χ0) is 25.1. The molecule has 0 amide bonds. The number of allylic oxidation sites excluding steroid dienone is 4. The number of hydrogen-bond acceptors (Lipinski definition) is 3. The van der Waals surface area contributed by atoms with Crippen molar-refractivity contribution in [3.05, 3.63) is 87.1 Å². The van der Waals surface area contributed by atoms with Gasteiger partial charge in [-0.1, -0.05) is 35.9 Å². The van der Waals surface area contributed by atoms with Gasteiger partial charge in [0.25, 0.3) is 0 Å². The van der Waals surface area contributed by atoms with Crippen molar-refractivity contribution in [3.8, 4) is 5.75 Å². The second-order valence-electron chi connectivity index (χ2n) is 7.90. The fraction of sp³-hybridized carbons (Fsp3) is 0.280. The van der Waals surface area contributed by atoms with Gasteiger partial charge in [-0.3, -0.25) is 0 Å². The zero-order valence-corrected chi connectivity index (χ0v) is 21.8. The lowest BCUT2D eigenvalue weighted by Crippen LogP contribution is -2.10. The van der Waals surface area contributed by atoms with Crippen molar-refractivity contribution in [1.82, 2.24) is 0 Å². The smallest absolute Gasteiger partial charge is 0.142 e. The van der Waals surface area contributed by atoms with Crippen molar-refractivity contribution in [2.75, 3.05) is 20.4 Å². The van der Waals surface area contributed by atoms with Gasteiger partial charge in [0, 0.05) is 16.1 Å². The highest BCUT2D eigenvalue weighted by atomic mass is 35.5. The molecular formula is C25H27Cl2F2O3P. The van der Waals surface area contributed by atoms with Crippen LogP contribution < -0.4 is 10.0 Å².